The van der Waals surface area contributed by atoms with Gasteiger partial charge in [-0.2, -0.15) is 0 Å². The van der Waals surface area contributed by atoms with E-state index in [1.54, 1.807) is 0 Å². The first-order valence-electron chi connectivity index (χ1n) is 6.93. The van der Waals surface area contributed by atoms with E-state index in [-0.39, 0.29) is 0 Å². The van der Waals surface area contributed by atoms with Crippen LogP contribution in [0.5, 0.6) is 0 Å². The first-order valence-corrected chi connectivity index (χ1v) is 6.93. The molecule has 1 fully saturated rings. The van der Waals surface area contributed by atoms with Gasteiger partial charge >= 0.3 is 0 Å². The molecule has 16 heavy (non-hydrogen) atoms. The first-order chi connectivity index (χ1) is 7.49. The highest BCUT2D eigenvalue weighted by atomic mass is 15.2. The smallest absolute Gasteiger partial charge is 0.0269 e. The molecule has 1 N–H and O–H groups in total. The van der Waals surface area contributed by atoms with Crippen molar-refractivity contribution in [3.05, 3.63) is 0 Å². The third kappa shape index (κ3) is 3.74. The Bertz CT molecular complexity index is 191. The van der Waals surface area contributed by atoms with Gasteiger partial charge in [-0.1, -0.05) is 47.5 Å². The van der Waals surface area contributed by atoms with Crippen molar-refractivity contribution in [3.8, 4) is 0 Å². The van der Waals surface area contributed by atoms with Crippen molar-refractivity contribution in [2.75, 3.05) is 26.2 Å². The van der Waals surface area contributed by atoms with Gasteiger partial charge in [0.25, 0.3) is 0 Å². The maximum atomic E-state index is 3.54. The molecule has 1 saturated heterocycles. The van der Waals surface area contributed by atoms with Crippen LogP contribution in [0.3, 0.4) is 0 Å². The SMILES string of the molecule is CCC(CC)CN1CCNCC1C(C)(C)C. The summed E-state index contributed by atoms with van der Waals surface area (Å²) in [5.41, 5.74) is 0.388. The molecule has 0 saturated carbocycles. The second-order valence-corrected chi connectivity index (χ2v) is 6.26. The number of nitrogens with zero attached hydrogens (tertiary/aromatic N) is 1. The Kier molecular flexibility index (Phi) is 5.26. The van der Waals surface area contributed by atoms with E-state index in [4.69, 9.17) is 0 Å². The summed E-state index contributed by atoms with van der Waals surface area (Å²) in [5.74, 6) is 0.878. The van der Waals surface area contributed by atoms with E-state index in [2.05, 4.69) is 44.8 Å². The lowest BCUT2D eigenvalue weighted by Gasteiger charge is -2.45. The van der Waals surface area contributed by atoms with Gasteiger partial charge < -0.3 is 5.32 Å². The van der Waals surface area contributed by atoms with Crippen LogP contribution in [-0.4, -0.2) is 37.1 Å². The summed E-state index contributed by atoms with van der Waals surface area (Å²) in [6.07, 6.45) is 2.63. The monoisotopic (exact) mass is 226 g/mol. The van der Waals surface area contributed by atoms with Crippen LogP contribution in [0.15, 0.2) is 0 Å². The number of rotatable bonds is 4. The molecule has 1 unspecified atom stereocenters. The average molecular weight is 226 g/mol. The molecule has 0 aliphatic carbocycles. The normalized spacial score (nSPS) is 24.0. The van der Waals surface area contributed by atoms with E-state index in [9.17, 15) is 0 Å². The van der Waals surface area contributed by atoms with E-state index in [1.807, 2.05) is 0 Å². The molecule has 96 valence electrons. The van der Waals surface area contributed by atoms with Crippen molar-refractivity contribution in [3.63, 3.8) is 0 Å². The fraction of sp³-hybridized carbons (Fsp3) is 1.00. The standard InChI is InChI=1S/C14H30N2/c1-6-12(7-2)11-16-9-8-15-10-13(16)14(3,4)5/h12-13,15H,6-11H2,1-5H3. The molecule has 1 heterocycles. The van der Waals surface area contributed by atoms with Gasteiger partial charge in [-0.05, 0) is 11.3 Å². The highest BCUT2D eigenvalue weighted by molar-refractivity contribution is 4.89. The van der Waals surface area contributed by atoms with Gasteiger partial charge in [-0.3, -0.25) is 4.90 Å². The van der Waals surface area contributed by atoms with Crippen LogP contribution in [0.1, 0.15) is 47.5 Å². The van der Waals surface area contributed by atoms with Crippen molar-refractivity contribution < 1.29 is 0 Å². The van der Waals surface area contributed by atoms with Crippen LogP contribution < -0.4 is 5.32 Å². The quantitative estimate of drug-likeness (QED) is 0.793. The zero-order chi connectivity index (χ0) is 12.2. The minimum Gasteiger partial charge on any atom is -0.314 e. The third-order valence-corrected chi connectivity index (χ3v) is 4.00. The summed E-state index contributed by atoms with van der Waals surface area (Å²) >= 11 is 0. The molecule has 0 bridgehead atoms. The Morgan fingerprint density at radius 1 is 1.25 bits per heavy atom. The zero-order valence-corrected chi connectivity index (χ0v) is 11.8. The van der Waals surface area contributed by atoms with E-state index >= 15 is 0 Å². The summed E-state index contributed by atoms with van der Waals surface area (Å²) in [4.78, 5) is 2.72. The van der Waals surface area contributed by atoms with Gasteiger partial charge in [0.15, 0.2) is 0 Å². The van der Waals surface area contributed by atoms with Crippen LogP contribution in [0.25, 0.3) is 0 Å². The molecule has 2 heteroatoms. The highest BCUT2D eigenvalue weighted by Gasteiger charge is 2.32. The Morgan fingerprint density at radius 2 is 1.88 bits per heavy atom. The minimum absolute atomic E-state index is 0.388. The van der Waals surface area contributed by atoms with E-state index in [0.717, 1.165) is 19.0 Å². The lowest BCUT2D eigenvalue weighted by atomic mass is 9.84. The fourth-order valence-corrected chi connectivity index (χ4v) is 2.70. The Balaban J connectivity index is 2.60. The molecule has 1 aliphatic heterocycles. The van der Waals surface area contributed by atoms with Crippen molar-refractivity contribution >= 4 is 0 Å². The van der Waals surface area contributed by atoms with Crippen molar-refractivity contribution in [1.82, 2.24) is 10.2 Å². The van der Waals surface area contributed by atoms with Crippen molar-refractivity contribution in [2.24, 2.45) is 11.3 Å². The molecule has 1 rings (SSSR count). The Hall–Kier alpha value is -0.0800. The number of nitrogens with one attached hydrogen (secondary N) is 1. The molecule has 0 spiro atoms. The summed E-state index contributed by atoms with van der Waals surface area (Å²) in [5, 5.41) is 3.54. The molecule has 0 radical (unpaired) electrons. The molecule has 1 atom stereocenters. The topological polar surface area (TPSA) is 15.3 Å². The Morgan fingerprint density at radius 3 is 2.38 bits per heavy atom. The highest BCUT2D eigenvalue weighted by Crippen LogP contribution is 2.26. The largest absolute Gasteiger partial charge is 0.314 e. The average Bonchev–Trinajstić information content (AvgIpc) is 2.25. The molecule has 0 aromatic heterocycles. The van der Waals surface area contributed by atoms with Crippen LogP contribution in [-0.2, 0) is 0 Å². The summed E-state index contributed by atoms with van der Waals surface area (Å²) in [6, 6.07) is 0.696. The first kappa shape index (κ1) is 14.0. The van der Waals surface area contributed by atoms with Crippen LogP contribution >= 0.6 is 0 Å². The van der Waals surface area contributed by atoms with Crippen LogP contribution in [0.4, 0.5) is 0 Å². The predicted molar refractivity (Wildman–Crippen MR) is 71.8 cm³/mol. The summed E-state index contributed by atoms with van der Waals surface area (Å²) in [7, 11) is 0. The van der Waals surface area contributed by atoms with Gasteiger partial charge in [0.05, 0.1) is 0 Å². The van der Waals surface area contributed by atoms with Gasteiger partial charge in [-0.15, -0.1) is 0 Å². The van der Waals surface area contributed by atoms with Crippen molar-refractivity contribution in [2.45, 2.75) is 53.5 Å². The number of piperazine rings is 1. The van der Waals surface area contributed by atoms with Crippen molar-refractivity contribution in [1.29, 1.82) is 0 Å². The second kappa shape index (κ2) is 6.02. The van der Waals surface area contributed by atoms with Crippen LogP contribution in [0, 0.1) is 11.3 Å². The van der Waals surface area contributed by atoms with Gasteiger partial charge in [0.1, 0.15) is 0 Å². The van der Waals surface area contributed by atoms with Gasteiger partial charge in [-0.25, -0.2) is 0 Å². The van der Waals surface area contributed by atoms with E-state index < -0.39 is 0 Å². The third-order valence-electron chi connectivity index (χ3n) is 4.00. The molecular formula is C14H30N2. The lowest BCUT2D eigenvalue weighted by Crippen LogP contribution is -2.57. The molecule has 0 aromatic rings. The minimum atomic E-state index is 0.388. The summed E-state index contributed by atoms with van der Waals surface area (Å²) in [6.45, 7) is 16.6. The van der Waals surface area contributed by atoms with Gasteiger partial charge in [0, 0.05) is 32.2 Å². The maximum absolute atomic E-state index is 3.54. The van der Waals surface area contributed by atoms with E-state index in [0.29, 0.717) is 11.5 Å². The second-order valence-electron chi connectivity index (χ2n) is 6.26. The molecule has 0 aromatic carbocycles. The molecule has 0 amide bonds. The number of hydrogen-bond acceptors (Lipinski definition) is 2. The number of hydrogen-bond donors (Lipinski definition) is 1. The van der Waals surface area contributed by atoms with E-state index in [1.165, 1.54) is 25.9 Å². The lowest BCUT2D eigenvalue weighted by molar-refractivity contribution is 0.0599. The zero-order valence-electron chi connectivity index (χ0n) is 11.8. The fourth-order valence-electron chi connectivity index (χ4n) is 2.70. The van der Waals surface area contributed by atoms with Gasteiger partial charge in [0.2, 0.25) is 0 Å². The molecular weight excluding hydrogens is 196 g/mol. The van der Waals surface area contributed by atoms with Crippen LogP contribution in [0.2, 0.25) is 0 Å². The summed E-state index contributed by atoms with van der Waals surface area (Å²) < 4.78 is 0. The maximum Gasteiger partial charge on any atom is 0.0269 e. The predicted octanol–water partition coefficient (Wildman–Crippen LogP) is 2.74. The Labute approximate surface area is 102 Å². The molecule has 2 nitrogen and oxygen atoms in total. The molecule has 1 aliphatic rings.